The van der Waals surface area contributed by atoms with Crippen LogP contribution < -0.4 is 0 Å². The van der Waals surface area contributed by atoms with Crippen molar-refractivity contribution in [3.8, 4) is 23.0 Å². The second-order valence-corrected chi connectivity index (χ2v) is 7.15. The third-order valence-electron chi connectivity index (χ3n) is 5.13. The molecule has 0 heterocycles. The minimum Gasteiger partial charge on any atom is -0.504 e. The second-order valence-electron chi connectivity index (χ2n) is 7.15. The first-order chi connectivity index (χ1) is 15.1. The van der Waals surface area contributed by atoms with Gasteiger partial charge in [0.2, 0.25) is 0 Å². The molecule has 0 aliphatic heterocycles. The molecule has 0 saturated heterocycles. The number of ether oxygens (including phenoxy) is 1. The molecule has 0 fully saturated rings. The fraction of sp³-hybridized carbons (Fsp3) is 0.0769. The van der Waals surface area contributed by atoms with Gasteiger partial charge in [-0.1, -0.05) is 84.9 Å². The number of benzene rings is 4. The molecule has 0 spiro atoms. The van der Waals surface area contributed by atoms with E-state index in [-0.39, 0.29) is 23.0 Å². The van der Waals surface area contributed by atoms with Gasteiger partial charge in [0.25, 0.3) is 0 Å². The Kier molecular flexibility index (Phi) is 5.78. The quantitative estimate of drug-likeness (QED) is 0.317. The summed E-state index contributed by atoms with van der Waals surface area (Å²) < 4.78 is 6.52. The first-order valence-corrected chi connectivity index (χ1v) is 9.83. The molecule has 4 N–H and O–H groups in total. The molecule has 0 amide bonds. The Hall–Kier alpha value is -3.96. The van der Waals surface area contributed by atoms with Crippen LogP contribution in [-0.2, 0) is 4.74 Å². The van der Waals surface area contributed by atoms with E-state index in [1.165, 1.54) is 12.1 Å². The van der Waals surface area contributed by atoms with E-state index in [1.54, 1.807) is 24.3 Å². The standard InChI is InChI=1S/C26H22O5/c27-21-15-7-13-19(23(21)29)25(17-9-3-1-4-10-17)31-26(18-11-5-2-6-12-18)20-14-8-16-22(28)24(20)30/h1-16,25-30H. The van der Waals surface area contributed by atoms with Gasteiger partial charge in [-0.05, 0) is 23.3 Å². The van der Waals surface area contributed by atoms with Gasteiger partial charge in [0.15, 0.2) is 23.0 Å². The average Bonchev–Trinajstić information content (AvgIpc) is 2.80. The summed E-state index contributed by atoms with van der Waals surface area (Å²) in [6, 6.07) is 28.0. The maximum Gasteiger partial charge on any atom is 0.163 e. The molecule has 4 aromatic carbocycles. The number of para-hydroxylation sites is 2. The van der Waals surface area contributed by atoms with Crippen molar-refractivity contribution >= 4 is 0 Å². The molecular weight excluding hydrogens is 392 g/mol. The van der Waals surface area contributed by atoms with Crippen molar-refractivity contribution in [1.29, 1.82) is 0 Å². The highest BCUT2D eigenvalue weighted by molar-refractivity contribution is 5.50. The third-order valence-corrected chi connectivity index (χ3v) is 5.13. The molecule has 0 aliphatic rings. The molecule has 0 radical (unpaired) electrons. The monoisotopic (exact) mass is 414 g/mol. The normalized spacial score (nSPS) is 12.9. The van der Waals surface area contributed by atoms with Crippen LogP contribution in [0.4, 0.5) is 0 Å². The van der Waals surface area contributed by atoms with E-state index in [0.29, 0.717) is 11.1 Å². The summed E-state index contributed by atoms with van der Waals surface area (Å²) in [5, 5.41) is 41.3. The minimum absolute atomic E-state index is 0.251. The zero-order chi connectivity index (χ0) is 21.8. The molecule has 0 aromatic heterocycles. The number of phenolic OH excluding ortho intramolecular Hbond substituents is 4. The van der Waals surface area contributed by atoms with Gasteiger partial charge in [-0.2, -0.15) is 0 Å². The Morgan fingerprint density at radius 1 is 0.452 bits per heavy atom. The summed E-state index contributed by atoms with van der Waals surface area (Å²) in [6.45, 7) is 0. The fourth-order valence-corrected chi connectivity index (χ4v) is 3.58. The molecule has 5 nitrogen and oxygen atoms in total. The van der Waals surface area contributed by atoms with Crippen molar-refractivity contribution in [1.82, 2.24) is 0 Å². The molecule has 156 valence electrons. The minimum atomic E-state index is -0.764. The summed E-state index contributed by atoms with van der Waals surface area (Å²) in [5.41, 5.74) is 2.27. The van der Waals surface area contributed by atoms with Gasteiger partial charge in [0.1, 0.15) is 12.2 Å². The lowest BCUT2D eigenvalue weighted by Crippen LogP contribution is -2.13. The van der Waals surface area contributed by atoms with E-state index < -0.39 is 12.2 Å². The molecule has 2 atom stereocenters. The predicted octanol–water partition coefficient (Wildman–Crippen LogP) is 5.40. The smallest absolute Gasteiger partial charge is 0.163 e. The summed E-state index contributed by atoms with van der Waals surface area (Å²) in [5.74, 6) is -1.05. The zero-order valence-electron chi connectivity index (χ0n) is 16.6. The number of rotatable bonds is 6. The maximum absolute atomic E-state index is 10.6. The predicted molar refractivity (Wildman–Crippen MR) is 117 cm³/mol. The molecule has 2 unspecified atom stereocenters. The topological polar surface area (TPSA) is 90.2 Å². The maximum atomic E-state index is 10.6. The van der Waals surface area contributed by atoms with E-state index in [4.69, 9.17) is 4.74 Å². The van der Waals surface area contributed by atoms with Gasteiger partial charge >= 0.3 is 0 Å². The Morgan fingerprint density at radius 3 is 1.23 bits per heavy atom. The van der Waals surface area contributed by atoms with Gasteiger partial charge in [-0.15, -0.1) is 0 Å². The zero-order valence-corrected chi connectivity index (χ0v) is 16.6. The van der Waals surface area contributed by atoms with Crippen LogP contribution in [0, 0.1) is 0 Å². The van der Waals surface area contributed by atoms with Gasteiger partial charge in [-0.25, -0.2) is 0 Å². The van der Waals surface area contributed by atoms with Crippen LogP contribution in [0.2, 0.25) is 0 Å². The van der Waals surface area contributed by atoms with Crippen molar-refractivity contribution in [2.45, 2.75) is 12.2 Å². The Labute approximate surface area is 180 Å². The van der Waals surface area contributed by atoms with Gasteiger partial charge in [0, 0.05) is 11.1 Å². The van der Waals surface area contributed by atoms with Crippen LogP contribution in [0.5, 0.6) is 23.0 Å². The number of aromatic hydroxyl groups is 4. The molecule has 0 bridgehead atoms. The van der Waals surface area contributed by atoms with Crippen LogP contribution in [0.3, 0.4) is 0 Å². The average molecular weight is 414 g/mol. The summed E-state index contributed by atoms with van der Waals surface area (Å²) in [6.07, 6.45) is -1.53. The van der Waals surface area contributed by atoms with E-state index in [9.17, 15) is 20.4 Å². The molecule has 4 aromatic rings. The SMILES string of the molecule is Oc1cccc(C(OC(c2ccccc2)c2cccc(O)c2O)c2ccccc2)c1O. The number of phenols is 4. The Bertz CT molecular complexity index is 1070. The van der Waals surface area contributed by atoms with Crippen LogP contribution in [-0.4, -0.2) is 20.4 Å². The molecule has 0 saturated carbocycles. The molecule has 4 rings (SSSR count). The second kappa shape index (κ2) is 8.81. The highest BCUT2D eigenvalue weighted by atomic mass is 16.5. The van der Waals surface area contributed by atoms with Crippen molar-refractivity contribution in [2.75, 3.05) is 0 Å². The number of hydrogen-bond donors (Lipinski definition) is 4. The fourth-order valence-electron chi connectivity index (χ4n) is 3.58. The molecule has 31 heavy (non-hydrogen) atoms. The van der Waals surface area contributed by atoms with Crippen LogP contribution in [0.25, 0.3) is 0 Å². The summed E-state index contributed by atoms with van der Waals surface area (Å²) >= 11 is 0. The first-order valence-electron chi connectivity index (χ1n) is 9.83. The van der Waals surface area contributed by atoms with E-state index >= 15 is 0 Å². The van der Waals surface area contributed by atoms with Gasteiger partial charge < -0.3 is 25.2 Å². The third kappa shape index (κ3) is 4.17. The summed E-state index contributed by atoms with van der Waals surface area (Å²) in [4.78, 5) is 0. The molecular formula is C26H22O5. The lowest BCUT2D eigenvalue weighted by Gasteiger charge is -2.27. The first kappa shape index (κ1) is 20.3. The van der Waals surface area contributed by atoms with Gasteiger partial charge in [-0.3, -0.25) is 0 Å². The largest absolute Gasteiger partial charge is 0.504 e. The van der Waals surface area contributed by atoms with Gasteiger partial charge in [0.05, 0.1) is 0 Å². The Morgan fingerprint density at radius 2 is 0.839 bits per heavy atom. The number of hydrogen-bond acceptors (Lipinski definition) is 5. The molecule has 0 aliphatic carbocycles. The lowest BCUT2D eigenvalue weighted by atomic mass is 9.96. The van der Waals surface area contributed by atoms with Crippen molar-refractivity contribution in [3.63, 3.8) is 0 Å². The van der Waals surface area contributed by atoms with E-state index in [2.05, 4.69) is 0 Å². The van der Waals surface area contributed by atoms with Crippen molar-refractivity contribution < 1.29 is 25.2 Å². The van der Waals surface area contributed by atoms with Crippen LogP contribution >= 0.6 is 0 Å². The van der Waals surface area contributed by atoms with Crippen molar-refractivity contribution in [2.24, 2.45) is 0 Å². The highest BCUT2D eigenvalue weighted by Gasteiger charge is 2.28. The molecule has 5 heteroatoms. The van der Waals surface area contributed by atoms with Crippen LogP contribution in [0.15, 0.2) is 97.1 Å². The highest BCUT2D eigenvalue weighted by Crippen LogP contribution is 2.44. The summed E-state index contributed by atoms with van der Waals surface area (Å²) in [7, 11) is 0. The Balaban J connectivity index is 1.87. The van der Waals surface area contributed by atoms with Crippen LogP contribution in [0.1, 0.15) is 34.5 Å². The lowest BCUT2D eigenvalue weighted by molar-refractivity contribution is 0.0280. The van der Waals surface area contributed by atoms with E-state index in [0.717, 1.165) is 11.1 Å². The van der Waals surface area contributed by atoms with E-state index in [1.807, 2.05) is 60.7 Å². The van der Waals surface area contributed by atoms with Crippen molar-refractivity contribution in [3.05, 3.63) is 119 Å².